The summed E-state index contributed by atoms with van der Waals surface area (Å²) in [6.45, 7) is 3.40. The zero-order chi connectivity index (χ0) is 14.6. The van der Waals surface area contributed by atoms with Crippen molar-refractivity contribution in [3.8, 4) is 0 Å². The molecule has 1 aliphatic rings. The van der Waals surface area contributed by atoms with Crippen molar-refractivity contribution >= 4 is 16.0 Å². The number of esters is 1. The molecular formula is C12H23NO5S. The monoisotopic (exact) mass is 293 g/mol. The minimum Gasteiger partial charge on any atom is -0.469 e. The summed E-state index contributed by atoms with van der Waals surface area (Å²) in [5.41, 5.74) is 0. The minimum absolute atomic E-state index is 0.0160. The zero-order valence-corrected chi connectivity index (χ0v) is 12.4. The molecule has 0 aliphatic heterocycles. The first-order chi connectivity index (χ1) is 8.83. The fourth-order valence-corrected chi connectivity index (χ4v) is 4.50. The Labute approximate surface area is 114 Å². The van der Waals surface area contributed by atoms with E-state index in [-0.39, 0.29) is 12.5 Å². The Morgan fingerprint density at radius 2 is 2.05 bits per heavy atom. The van der Waals surface area contributed by atoms with Gasteiger partial charge in [-0.3, -0.25) is 4.79 Å². The van der Waals surface area contributed by atoms with Gasteiger partial charge < -0.3 is 9.84 Å². The maximum atomic E-state index is 12.3. The molecule has 2 N–H and O–H groups in total. The minimum atomic E-state index is -3.63. The first-order valence-corrected chi connectivity index (χ1v) is 8.08. The molecule has 3 atom stereocenters. The Bertz CT molecular complexity index is 406. The number of sulfonamides is 1. The highest BCUT2D eigenvalue weighted by atomic mass is 32.2. The van der Waals surface area contributed by atoms with Crippen LogP contribution in [0.2, 0.25) is 0 Å². The van der Waals surface area contributed by atoms with E-state index in [1.165, 1.54) is 7.11 Å². The van der Waals surface area contributed by atoms with Gasteiger partial charge in [-0.2, -0.15) is 0 Å². The van der Waals surface area contributed by atoms with Crippen LogP contribution in [0.25, 0.3) is 0 Å². The smallest absolute Gasteiger partial charge is 0.310 e. The molecule has 1 rings (SSSR count). The highest BCUT2D eigenvalue weighted by molar-refractivity contribution is 7.90. The van der Waals surface area contributed by atoms with Crippen molar-refractivity contribution in [2.75, 3.05) is 13.7 Å². The topological polar surface area (TPSA) is 92.7 Å². The van der Waals surface area contributed by atoms with Crippen LogP contribution in [0.5, 0.6) is 0 Å². The summed E-state index contributed by atoms with van der Waals surface area (Å²) in [7, 11) is -2.37. The molecule has 0 spiro atoms. The second-order valence-corrected chi connectivity index (χ2v) is 7.23. The van der Waals surface area contributed by atoms with Gasteiger partial charge in [0.1, 0.15) is 0 Å². The molecule has 2 unspecified atom stereocenters. The first-order valence-electron chi connectivity index (χ1n) is 6.53. The van der Waals surface area contributed by atoms with E-state index in [0.717, 1.165) is 0 Å². The fraction of sp³-hybridized carbons (Fsp3) is 0.917. The normalized spacial score (nSPS) is 25.5. The van der Waals surface area contributed by atoms with Gasteiger partial charge in [-0.15, -0.1) is 0 Å². The van der Waals surface area contributed by atoms with Crippen LogP contribution in [0.4, 0.5) is 0 Å². The number of aliphatic hydroxyl groups is 1. The van der Waals surface area contributed by atoms with Gasteiger partial charge in [0.2, 0.25) is 10.0 Å². The number of aliphatic hydroxyl groups excluding tert-OH is 1. The van der Waals surface area contributed by atoms with E-state index in [1.54, 1.807) is 0 Å². The maximum absolute atomic E-state index is 12.3. The summed E-state index contributed by atoms with van der Waals surface area (Å²) in [4.78, 5) is 11.6. The molecule has 1 saturated carbocycles. The van der Waals surface area contributed by atoms with Crippen molar-refractivity contribution in [3.05, 3.63) is 0 Å². The Morgan fingerprint density at radius 3 is 2.53 bits per heavy atom. The van der Waals surface area contributed by atoms with Gasteiger partial charge in [-0.1, -0.05) is 20.3 Å². The lowest BCUT2D eigenvalue weighted by atomic mass is 10.1. The average molecular weight is 293 g/mol. The number of hydrogen-bond acceptors (Lipinski definition) is 5. The largest absolute Gasteiger partial charge is 0.469 e. The molecule has 19 heavy (non-hydrogen) atoms. The molecule has 1 aliphatic carbocycles. The lowest BCUT2D eigenvalue weighted by molar-refractivity contribution is -0.145. The van der Waals surface area contributed by atoms with E-state index in [2.05, 4.69) is 9.46 Å². The van der Waals surface area contributed by atoms with Crippen molar-refractivity contribution in [1.82, 2.24) is 4.72 Å². The van der Waals surface area contributed by atoms with Crippen LogP contribution in [-0.4, -0.2) is 44.5 Å². The van der Waals surface area contributed by atoms with E-state index in [1.807, 2.05) is 13.8 Å². The summed E-state index contributed by atoms with van der Waals surface area (Å²) < 4.78 is 31.8. The number of rotatable bonds is 6. The first kappa shape index (κ1) is 16.4. The van der Waals surface area contributed by atoms with Gasteiger partial charge in [0.25, 0.3) is 0 Å². The summed E-state index contributed by atoms with van der Waals surface area (Å²) in [6, 6.07) is -0.524. The van der Waals surface area contributed by atoms with Gasteiger partial charge in [0, 0.05) is 6.04 Å². The van der Waals surface area contributed by atoms with E-state index in [0.29, 0.717) is 19.3 Å². The van der Waals surface area contributed by atoms with Crippen LogP contribution in [0, 0.1) is 11.8 Å². The molecular weight excluding hydrogens is 270 g/mol. The molecule has 0 aromatic rings. The van der Waals surface area contributed by atoms with Crippen LogP contribution < -0.4 is 4.72 Å². The van der Waals surface area contributed by atoms with Crippen molar-refractivity contribution in [1.29, 1.82) is 0 Å². The number of hydrogen-bond donors (Lipinski definition) is 2. The van der Waals surface area contributed by atoms with Gasteiger partial charge in [-0.05, 0) is 18.8 Å². The highest BCUT2D eigenvalue weighted by Crippen LogP contribution is 2.32. The van der Waals surface area contributed by atoms with E-state index in [9.17, 15) is 18.3 Å². The lowest BCUT2D eigenvalue weighted by Crippen LogP contribution is -2.47. The molecule has 0 saturated heterocycles. The molecule has 0 heterocycles. The standard InChI is InChI=1S/C12H23NO5S/c1-8(2)10(7-14)13-19(16,17)11-6-4-5-9(11)12(15)18-3/h8-11,13-14H,4-7H2,1-3H3/t9?,10-,11?/m1/s1. The van der Waals surface area contributed by atoms with Crippen molar-refractivity contribution < 1.29 is 23.1 Å². The van der Waals surface area contributed by atoms with Crippen molar-refractivity contribution in [2.45, 2.75) is 44.4 Å². The summed E-state index contributed by atoms with van der Waals surface area (Å²) in [5.74, 6) is -1.09. The van der Waals surface area contributed by atoms with E-state index < -0.39 is 33.2 Å². The number of carbonyl (C=O) groups excluding carboxylic acids is 1. The Balaban J connectivity index is 2.84. The summed E-state index contributed by atoms with van der Waals surface area (Å²) in [6.07, 6.45) is 1.67. The lowest BCUT2D eigenvalue weighted by Gasteiger charge is -2.24. The van der Waals surface area contributed by atoms with Gasteiger partial charge >= 0.3 is 5.97 Å². The number of nitrogens with one attached hydrogen (secondary N) is 1. The molecule has 0 aromatic heterocycles. The average Bonchev–Trinajstić information content (AvgIpc) is 2.84. The zero-order valence-electron chi connectivity index (χ0n) is 11.6. The van der Waals surface area contributed by atoms with Crippen LogP contribution >= 0.6 is 0 Å². The Hall–Kier alpha value is -0.660. The molecule has 0 amide bonds. The van der Waals surface area contributed by atoms with Crippen LogP contribution in [0.3, 0.4) is 0 Å². The fourth-order valence-electron chi connectivity index (χ4n) is 2.40. The third-order valence-electron chi connectivity index (χ3n) is 3.67. The van der Waals surface area contributed by atoms with Gasteiger partial charge in [-0.25, -0.2) is 13.1 Å². The number of methoxy groups -OCH3 is 1. The van der Waals surface area contributed by atoms with Crippen LogP contribution in [-0.2, 0) is 19.6 Å². The Morgan fingerprint density at radius 1 is 1.42 bits per heavy atom. The number of carbonyl (C=O) groups is 1. The van der Waals surface area contributed by atoms with Gasteiger partial charge in [0.05, 0.1) is 24.9 Å². The number of ether oxygens (including phenoxy) is 1. The second-order valence-electron chi connectivity index (χ2n) is 5.29. The summed E-state index contributed by atoms with van der Waals surface area (Å²) >= 11 is 0. The van der Waals surface area contributed by atoms with Crippen LogP contribution in [0.15, 0.2) is 0 Å². The van der Waals surface area contributed by atoms with Crippen LogP contribution in [0.1, 0.15) is 33.1 Å². The molecule has 0 aromatic carbocycles. The van der Waals surface area contributed by atoms with Crippen molar-refractivity contribution in [3.63, 3.8) is 0 Å². The quantitative estimate of drug-likeness (QED) is 0.686. The Kier molecular flexibility index (Phi) is 5.76. The molecule has 0 radical (unpaired) electrons. The molecule has 6 nitrogen and oxygen atoms in total. The second kappa shape index (κ2) is 6.67. The molecule has 7 heteroatoms. The molecule has 0 bridgehead atoms. The van der Waals surface area contributed by atoms with E-state index >= 15 is 0 Å². The summed E-state index contributed by atoms with van der Waals surface area (Å²) in [5, 5.41) is 8.45. The van der Waals surface area contributed by atoms with E-state index in [4.69, 9.17) is 0 Å². The predicted molar refractivity (Wildman–Crippen MR) is 70.9 cm³/mol. The van der Waals surface area contributed by atoms with Gasteiger partial charge in [0.15, 0.2) is 0 Å². The molecule has 112 valence electrons. The third kappa shape index (κ3) is 3.90. The highest BCUT2D eigenvalue weighted by Gasteiger charge is 2.43. The predicted octanol–water partition coefficient (Wildman–Crippen LogP) is 0.264. The molecule has 1 fully saturated rings. The SMILES string of the molecule is COC(=O)C1CCCC1S(=O)(=O)N[C@H](CO)C(C)C. The van der Waals surface area contributed by atoms with Crippen molar-refractivity contribution in [2.24, 2.45) is 11.8 Å². The third-order valence-corrected chi connectivity index (χ3v) is 5.66. The maximum Gasteiger partial charge on any atom is 0.310 e.